The summed E-state index contributed by atoms with van der Waals surface area (Å²) in [5.74, 6) is 0. The molecule has 0 spiro atoms. The molecule has 4 aromatic carbocycles. The first-order valence-electron chi connectivity index (χ1n) is 11.1. The predicted molar refractivity (Wildman–Crippen MR) is 135 cm³/mol. The molecule has 4 heteroatoms. The van der Waals surface area contributed by atoms with E-state index in [1.165, 1.54) is 69.5 Å². The minimum absolute atomic E-state index is 0. The zero-order chi connectivity index (χ0) is 21.2. The molecule has 0 aliphatic rings. The Morgan fingerprint density at radius 1 is 0.656 bits per heavy atom. The quantitative estimate of drug-likeness (QED) is 0.235. The summed E-state index contributed by atoms with van der Waals surface area (Å²) >= 11 is 0. The number of aryl methyl sites for hydroxylation is 4. The molecule has 0 fully saturated rings. The molecule has 4 rings (SSSR count). The molecule has 0 aromatic heterocycles. The van der Waals surface area contributed by atoms with Crippen molar-refractivity contribution in [2.75, 3.05) is 0 Å². The summed E-state index contributed by atoms with van der Waals surface area (Å²) < 4.78 is 0. The van der Waals surface area contributed by atoms with Crippen molar-refractivity contribution in [1.29, 1.82) is 0 Å². The molecule has 0 saturated carbocycles. The fourth-order valence-electron chi connectivity index (χ4n) is 4.02. The van der Waals surface area contributed by atoms with E-state index < -0.39 is 0 Å². The molecule has 171 valence electrons. The van der Waals surface area contributed by atoms with Crippen LogP contribution in [0.15, 0.2) is 60.7 Å². The maximum atomic E-state index is 2.29. The van der Waals surface area contributed by atoms with Crippen LogP contribution in [0.5, 0.6) is 0 Å². The number of hydrogen-bond acceptors (Lipinski definition) is 0. The van der Waals surface area contributed by atoms with Crippen LogP contribution in [0.4, 0.5) is 0 Å². The molecular formula is C28H37Cl2HfSi. The summed E-state index contributed by atoms with van der Waals surface area (Å²) in [4.78, 5) is 0. The van der Waals surface area contributed by atoms with E-state index in [1.807, 2.05) is 0 Å². The first kappa shape index (κ1) is 33.5. The Morgan fingerprint density at radius 2 is 0.969 bits per heavy atom. The van der Waals surface area contributed by atoms with Crippen LogP contribution >= 0.6 is 0 Å². The van der Waals surface area contributed by atoms with Gasteiger partial charge in [0.15, 0.2) is 0 Å². The molecule has 0 bridgehead atoms. The van der Waals surface area contributed by atoms with Crippen molar-refractivity contribution in [3.8, 4) is 0 Å². The first-order chi connectivity index (χ1) is 14.1. The summed E-state index contributed by atoms with van der Waals surface area (Å²) in [5.41, 5.74) is 5.97. The molecule has 0 aliphatic heterocycles. The summed E-state index contributed by atoms with van der Waals surface area (Å²) in [6, 6.07) is 21.9. The van der Waals surface area contributed by atoms with Gasteiger partial charge >= 0.3 is 25.8 Å². The maximum Gasteiger partial charge on any atom is 4.00 e. The minimum Gasteiger partial charge on any atom is -1.00 e. The SMILES string of the molecule is CCCc1c(C)[cH-]c2ccccc12.CCCc1c(C)[cH-]c2ccccc12.C[SiH]C.[Cl-].[Cl-].[Hf+4]. The molecule has 32 heavy (non-hydrogen) atoms. The Kier molecular flexibility index (Phi) is 18.6. The van der Waals surface area contributed by atoms with Crippen molar-refractivity contribution in [3.05, 3.63) is 82.9 Å². The zero-order valence-electron chi connectivity index (χ0n) is 20.4. The van der Waals surface area contributed by atoms with E-state index in [1.54, 1.807) is 0 Å². The van der Waals surface area contributed by atoms with E-state index in [-0.39, 0.29) is 50.7 Å². The van der Waals surface area contributed by atoms with Crippen molar-refractivity contribution >= 4 is 31.1 Å². The van der Waals surface area contributed by atoms with E-state index in [0.717, 1.165) is 9.52 Å². The summed E-state index contributed by atoms with van der Waals surface area (Å²) in [5, 5.41) is 5.68. The monoisotopic (exact) mass is 651 g/mol. The van der Waals surface area contributed by atoms with Gasteiger partial charge in [-0.05, 0) is 0 Å². The Balaban J connectivity index is 0. The Morgan fingerprint density at radius 3 is 1.28 bits per heavy atom. The fraction of sp³-hybridized carbons (Fsp3) is 0.357. The first-order valence-corrected chi connectivity index (χ1v) is 13.4. The third-order valence-corrected chi connectivity index (χ3v) is 5.27. The second-order valence-corrected chi connectivity index (χ2v) is 9.02. The van der Waals surface area contributed by atoms with Crippen LogP contribution in [0.3, 0.4) is 0 Å². The number of hydrogen-bond donors (Lipinski definition) is 0. The third-order valence-electron chi connectivity index (χ3n) is 5.27. The normalized spacial score (nSPS) is 9.44. The Bertz CT molecular complexity index is 935. The molecule has 0 N–H and O–H groups in total. The molecule has 0 saturated heterocycles. The van der Waals surface area contributed by atoms with Gasteiger partial charge in [0.2, 0.25) is 0 Å². The van der Waals surface area contributed by atoms with Crippen molar-refractivity contribution in [2.24, 2.45) is 0 Å². The van der Waals surface area contributed by atoms with Crippen LogP contribution in [0.25, 0.3) is 21.5 Å². The van der Waals surface area contributed by atoms with Gasteiger partial charge in [-0.2, -0.15) is 11.1 Å². The summed E-state index contributed by atoms with van der Waals surface area (Å²) in [7, 11) is 0.750. The maximum absolute atomic E-state index is 2.29. The second-order valence-electron chi connectivity index (χ2n) is 7.86. The predicted octanol–water partition coefficient (Wildman–Crippen LogP) is 2.16. The van der Waals surface area contributed by atoms with Crippen molar-refractivity contribution in [1.82, 2.24) is 0 Å². The Hall–Kier alpha value is -0.673. The van der Waals surface area contributed by atoms with Gasteiger partial charge in [0.1, 0.15) is 0 Å². The number of rotatable bonds is 4. The van der Waals surface area contributed by atoms with Crippen molar-refractivity contribution in [2.45, 2.75) is 66.5 Å². The smallest absolute Gasteiger partial charge is 1.00 e. The Labute approximate surface area is 229 Å². The minimum atomic E-state index is 0. The van der Waals surface area contributed by atoms with Gasteiger partial charge in [-0.1, -0.05) is 78.6 Å². The molecule has 0 heterocycles. The van der Waals surface area contributed by atoms with Crippen LogP contribution in [-0.4, -0.2) is 9.52 Å². The van der Waals surface area contributed by atoms with E-state index in [4.69, 9.17) is 0 Å². The van der Waals surface area contributed by atoms with Crippen LogP contribution in [0.1, 0.15) is 48.9 Å². The number of benzene rings is 2. The largest absolute Gasteiger partial charge is 4.00 e. The average molecular weight is 651 g/mol. The topological polar surface area (TPSA) is 0 Å². The standard InChI is InChI=1S/2C13H15.C2H7Si.2ClH.Hf/c2*1-3-6-12-10(2)9-11-7-4-5-8-13(11)12;1-3-2;;;/h2*4-5,7-9H,3,6H2,1-2H3;3H,1-2H3;2*1H;/q2*-1;;;;+4/p-2. The van der Waals surface area contributed by atoms with E-state index in [2.05, 4.69) is 101 Å². The van der Waals surface area contributed by atoms with Gasteiger partial charge in [0.25, 0.3) is 0 Å². The average Bonchev–Trinajstić information content (AvgIpc) is 3.20. The van der Waals surface area contributed by atoms with Crippen molar-refractivity contribution in [3.63, 3.8) is 0 Å². The van der Waals surface area contributed by atoms with E-state index in [0.29, 0.717) is 0 Å². The van der Waals surface area contributed by atoms with Crippen LogP contribution < -0.4 is 24.8 Å². The van der Waals surface area contributed by atoms with Crippen molar-refractivity contribution < 1.29 is 50.7 Å². The fourth-order valence-corrected chi connectivity index (χ4v) is 4.02. The van der Waals surface area contributed by atoms with E-state index in [9.17, 15) is 0 Å². The summed E-state index contributed by atoms with van der Waals surface area (Å²) in [6.45, 7) is 13.3. The van der Waals surface area contributed by atoms with Crippen LogP contribution in [0.2, 0.25) is 13.1 Å². The number of halogens is 2. The van der Waals surface area contributed by atoms with Gasteiger partial charge in [-0.15, -0.1) is 81.2 Å². The molecule has 1 radical (unpaired) electrons. The molecule has 0 aliphatic carbocycles. The zero-order valence-corrected chi connectivity index (χ0v) is 26.7. The van der Waals surface area contributed by atoms with Crippen LogP contribution in [-0.2, 0) is 38.7 Å². The second kappa shape index (κ2) is 17.8. The van der Waals surface area contributed by atoms with Crippen LogP contribution in [0, 0.1) is 13.8 Å². The molecule has 0 unspecified atom stereocenters. The molecular weight excluding hydrogens is 614 g/mol. The van der Waals surface area contributed by atoms with Gasteiger partial charge in [-0.25, -0.2) is 0 Å². The molecule has 0 atom stereocenters. The molecule has 0 nitrogen and oxygen atoms in total. The van der Waals surface area contributed by atoms with Gasteiger partial charge in [0, 0.05) is 9.52 Å². The van der Waals surface area contributed by atoms with Gasteiger partial charge < -0.3 is 24.8 Å². The number of fused-ring (bicyclic) bond motifs is 2. The molecule has 4 aromatic rings. The summed E-state index contributed by atoms with van der Waals surface area (Å²) in [6.07, 6.45) is 4.88. The van der Waals surface area contributed by atoms with Gasteiger partial charge in [0.05, 0.1) is 0 Å². The van der Waals surface area contributed by atoms with Gasteiger partial charge in [-0.3, -0.25) is 0 Å². The molecule has 0 amide bonds. The third kappa shape index (κ3) is 8.93. The van der Waals surface area contributed by atoms with E-state index >= 15 is 0 Å².